The molecule has 0 bridgehead atoms. The molecule has 0 aliphatic heterocycles. The molecule has 4 rings (SSSR count). The molecule has 3 aromatic carbocycles. The number of aromatic hydroxyl groups is 2. The molecule has 3 aromatic rings. The number of phenolic OH excluding ortho intramolecular Hbond substituents is 2. The van der Waals surface area contributed by atoms with Gasteiger partial charge in [-0.1, -0.05) is 53.5 Å². The van der Waals surface area contributed by atoms with Gasteiger partial charge in [0.25, 0.3) is 0 Å². The van der Waals surface area contributed by atoms with Crippen LogP contribution in [0.3, 0.4) is 0 Å². The summed E-state index contributed by atoms with van der Waals surface area (Å²) in [5.74, 6) is -0.382. The van der Waals surface area contributed by atoms with E-state index in [1.807, 2.05) is 6.07 Å². The highest BCUT2D eigenvalue weighted by molar-refractivity contribution is 6.35. The third kappa shape index (κ3) is 2.55. The predicted molar refractivity (Wildman–Crippen MR) is 99.1 cm³/mol. The van der Waals surface area contributed by atoms with Crippen LogP contribution in [-0.2, 0) is 6.42 Å². The molecule has 0 heterocycles. The summed E-state index contributed by atoms with van der Waals surface area (Å²) in [7, 11) is 0. The van der Waals surface area contributed by atoms with E-state index < -0.39 is 0 Å². The van der Waals surface area contributed by atoms with Gasteiger partial charge in [0, 0.05) is 32.8 Å². The zero-order valence-corrected chi connectivity index (χ0v) is 14.6. The molecule has 1 unspecified atom stereocenters. The van der Waals surface area contributed by atoms with Crippen LogP contribution in [0, 0.1) is 0 Å². The highest BCUT2D eigenvalue weighted by atomic mass is 35.5. The number of carbonyl (C=O) groups excluding carboxylic acids is 1. The Balaban J connectivity index is 1.89. The van der Waals surface area contributed by atoms with Crippen LogP contribution in [-0.4, -0.2) is 16.0 Å². The second kappa shape index (κ2) is 5.94. The molecule has 1 aliphatic rings. The van der Waals surface area contributed by atoms with Crippen molar-refractivity contribution in [1.29, 1.82) is 0 Å². The van der Waals surface area contributed by atoms with Gasteiger partial charge in [0.15, 0.2) is 5.78 Å². The summed E-state index contributed by atoms with van der Waals surface area (Å²) >= 11 is 12.2. The lowest BCUT2D eigenvalue weighted by atomic mass is 9.77. The number of Topliss-reactive ketones (excluding diaryl/α,β-unsaturated/α-hetero) is 1. The quantitative estimate of drug-likeness (QED) is 0.556. The molecular formula is C20H14Cl2O3. The molecule has 5 heteroatoms. The number of halogens is 2. The molecule has 25 heavy (non-hydrogen) atoms. The molecule has 0 spiro atoms. The van der Waals surface area contributed by atoms with Crippen molar-refractivity contribution in [2.24, 2.45) is 0 Å². The number of rotatable bonds is 1. The van der Waals surface area contributed by atoms with Crippen molar-refractivity contribution < 1.29 is 15.0 Å². The van der Waals surface area contributed by atoms with Crippen LogP contribution < -0.4 is 0 Å². The average Bonchev–Trinajstić information content (AvgIpc) is 2.59. The standard InChI is InChI=1S/C20H14Cl2O3/c21-11-5-6-12(16(22)9-11)10-7-15-18(17(23)8-10)20(25)14-4-2-1-3-13(14)19(15)24/h1-6,9-10,24-25H,7-8H2. The number of hydrogen-bond acceptors (Lipinski definition) is 3. The second-order valence-electron chi connectivity index (χ2n) is 6.29. The molecule has 0 fully saturated rings. The Morgan fingerprint density at radius 3 is 2.28 bits per heavy atom. The highest BCUT2D eigenvalue weighted by Crippen LogP contribution is 2.46. The first-order chi connectivity index (χ1) is 12.0. The van der Waals surface area contributed by atoms with E-state index >= 15 is 0 Å². The molecule has 1 aliphatic carbocycles. The molecule has 2 N–H and O–H groups in total. The van der Waals surface area contributed by atoms with Gasteiger partial charge < -0.3 is 10.2 Å². The predicted octanol–water partition coefficient (Wildman–Crippen LogP) is 5.47. The number of carbonyl (C=O) groups is 1. The smallest absolute Gasteiger partial charge is 0.167 e. The lowest BCUT2D eigenvalue weighted by molar-refractivity contribution is 0.0960. The number of ketones is 1. The van der Waals surface area contributed by atoms with E-state index in [-0.39, 0.29) is 35.2 Å². The molecule has 0 aromatic heterocycles. The van der Waals surface area contributed by atoms with Crippen molar-refractivity contribution in [3.63, 3.8) is 0 Å². The Labute approximate surface area is 154 Å². The van der Waals surface area contributed by atoms with Crippen LogP contribution >= 0.6 is 23.2 Å². The van der Waals surface area contributed by atoms with Crippen molar-refractivity contribution in [2.75, 3.05) is 0 Å². The first-order valence-corrected chi connectivity index (χ1v) is 8.66. The summed E-state index contributed by atoms with van der Waals surface area (Å²) in [6.07, 6.45) is 0.645. The zero-order chi connectivity index (χ0) is 17.7. The van der Waals surface area contributed by atoms with Crippen LogP contribution in [0.2, 0.25) is 10.0 Å². The van der Waals surface area contributed by atoms with Gasteiger partial charge in [-0.2, -0.15) is 0 Å². The Hall–Kier alpha value is -2.23. The summed E-state index contributed by atoms with van der Waals surface area (Å²) in [5.41, 5.74) is 1.51. The lowest BCUT2D eigenvalue weighted by Crippen LogP contribution is -2.19. The molecule has 0 saturated carbocycles. The van der Waals surface area contributed by atoms with Crippen molar-refractivity contribution in [3.05, 3.63) is 69.2 Å². The van der Waals surface area contributed by atoms with Gasteiger partial charge in [-0.3, -0.25) is 4.79 Å². The Morgan fingerprint density at radius 1 is 0.920 bits per heavy atom. The first-order valence-electron chi connectivity index (χ1n) is 7.91. The van der Waals surface area contributed by atoms with Crippen LogP contribution in [0.1, 0.15) is 33.8 Å². The SMILES string of the molecule is O=C1CC(c2ccc(Cl)cc2Cl)Cc2c1c(O)c1ccccc1c2O. The van der Waals surface area contributed by atoms with Gasteiger partial charge in [-0.15, -0.1) is 0 Å². The molecule has 3 nitrogen and oxygen atoms in total. The van der Waals surface area contributed by atoms with Gasteiger partial charge >= 0.3 is 0 Å². The van der Waals surface area contributed by atoms with E-state index in [1.165, 1.54) is 0 Å². The van der Waals surface area contributed by atoms with E-state index in [0.29, 0.717) is 32.8 Å². The van der Waals surface area contributed by atoms with Crippen molar-refractivity contribution in [1.82, 2.24) is 0 Å². The monoisotopic (exact) mass is 372 g/mol. The van der Waals surface area contributed by atoms with Crippen LogP contribution in [0.25, 0.3) is 10.8 Å². The fourth-order valence-electron chi connectivity index (χ4n) is 3.65. The van der Waals surface area contributed by atoms with Crippen molar-refractivity contribution in [2.45, 2.75) is 18.8 Å². The van der Waals surface area contributed by atoms with Gasteiger partial charge in [0.2, 0.25) is 0 Å². The van der Waals surface area contributed by atoms with Gasteiger partial charge in [0.1, 0.15) is 11.5 Å². The van der Waals surface area contributed by atoms with E-state index in [9.17, 15) is 15.0 Å². The number of phenols is 2. The van der Waals surface area contributed by atoms with Gasteiger partial charge in [-0.05, 0) is 30.0 Å². The molecule has 0 saturated heterocycles. The average molecular weight is 373 g/mol. The normalized spacial score (nSPS) is 16.9. The maximum atomic E-state index is 12.7. The van der Waals surface area contributed by atoms with E-state index in [0.717, 1.165) is 5.56 Å². The maximum absolute atomic E-state index is 12.7. The highest BCUT2D eigenvalue weighted by Gasteiger charge is 2.33. The fraction of sp³-hybridized carbons (Fsp3) is 0.150. The Bertz CT molecular complexity index is 1030. The van der Waals surface area contributed by atoms with E-state index in [4.69, 9.17) is 23.2 Å². The second-order valence-corrected chi connectivity index (χ2v) is 7.13. The van der Waals surface area contributed by atoms with Crippen molar-refractivity contribution >= 4 is 39.8 Å². The first kappa shape index (κ1) is 16.2. The van der Waals surface area contributed by atoms with Crippen LogP contribution in [0.5, 0.6) is 11.5 Å². The summed E-state index contributed by atoms with van der Waals surface area (Å²) < 4.78 is 0. The Morgan fingerprint density at radius 2 is 1.60 bits per heavy atom. The minimum Gasteiger partial charge on any atom is -0.507 e. The molecule has 0 radical (unpaired) electrons. The zero-order valence-electron chi connectivity index (χ0n) is 13.1. The topological polar surface area (TPSA) is 57.5 Å². The largest absolute Gasteiger partial charge is 0.507 e. The summed E-state index contributed by atoms with van der Waals surface area (Å²) in [4.78, 5) is 12.7. The maximum Gasteiger partial charge on any atom is 0.167 e. The van der Waals surface area contributed by atoms with E-state index in [1.54, 1.807) is 36.4 Å². The van der Waals surface area contributed by atoms with Gasteiger partial charge in [0.05, 0.1) is 5.56 Å². The summed E-state index contributed by atoms with van der Waals surface area (Å²) in [6, 6.07) is 12.2. The molecule has 126 valence electrons. The van der Waals surface area contributed by atoms with Crippen LogP contribution in [0.4, 0.5) is 0 Å². The Kier molecular flexibility index (Phi) is 3.86. The summed E-state index contributed by atoms with van der Waals surface area (Å²) in [6.45, 7) is 0. The fourth-order valence-corrected chi connectivity index (χ4v) is 4.21. The van der Waals surface area contributed by atoms with Crippen molar-refractivity contribution in [3.8, 4) is 11.5 Å². The summed E-state index contributed by atoms with van der Waals surface area (Å²) in [5, 5.41) is 23.3. The third-order valence-electron chi connectivity index (χ3n) is 4.83. The van der Waals surface area contributed by atoms with Gasteiger partial charge in [-0.25, -0.2) is 0 Å². The molecule has 1 atom stereocenters. The number of benzene rings is 3. The lowest BCUT2D eigenvalue weighted by Gasteiger charge is -2.27. The molecule has 0 amide bonds. The van der Waals surface area contributed by atoms with Crippen LogP contribution in [0.15, 0.2) is 42.5 Å². The van der Waals surface area contributed by atoms with E-state index in [2.05, 4.69) is 0 Å². The minimum absolute atomic E-state index is 0.0477. The number of hydrogen-bond donors (Lipinski definition) is 2. The number of fused-ring (bicyclic) bond motifs is 2. The third-order valence-corrected chi connectivity index (χ3v) is 5.39. The minimum atomic E-state index is -0.198. The molecular weight excluding hydrogens is 359 g/mol.